The molecule has 0 radical (unpaired) electrons. The van der Waals surface area contributed by atoms with Gasteiger partial charge in [0.2, 0.25) is 5.91 Å². The van der Waals surface area contributed by atoms with Crippen molar-refractivity contribution in [2.24, 2.45) is 7.05 Å². The smallest absolute Gasteiger partial charge is 0.216 e. The number of hydrogen-bond donors (Lipinski definition) is 1. The summed E-state index contributed by atoms with van der Waals surface area (Å²) in [6, 6.07) is 8.15. The van der Waals surface area contributed by atoms with Crippen molar-refractivity contribution in [2.45, 2.75) is 13.8 Å². The number of aromatic nitrogens is 2. The third-order valence-corrected chi connectivity index (χ3v) is 2.36. The van der Waals surface area contributed by atoms with Crippen molar-refractivity contribution in [3.8, 4) is 0 Å². The van der Waals surface area contributed by atoms with Crippen LogP contribution in [-0.2, 0) is 11.8 Å². The number of fused-ring (bicyclic) bond motifs is 1. The fourth-order valence-electron chi connectivity index (χ4n) is 1.27. The zero-order chi connectivity index (χ0) is 12.1. The van der Waals surface area contributed by atoms with Gasteiger partial charge in [0.05, 0.1) is 11.0 Å². The summed E-state index contributed by atoms with van der Waals surface area (Å²) < 4.78 is 2.09. The number of aryl methyl sites for hydroxylation is 2. The van der Waals surface area contributed by atoms with Gasteiger partial charge in [-0.1, -0.05) is 12.1 Å². The van der Waals surface area contributed by atoms with E-state index in [0.717, 1.165) is 11.3 Å². The van der Waals surface area contributed by atoms with E-state index >= 15 is 0 Å². The fourth-order valence-corrected chi connectivity index (χ4v) is 1.27. The number of hydrogen-bond acceptors (Lipinski definition) is 2. The number of rotatable bonds is 0. The lowest BCUT2D eigenvalue weighted by atomic mass is 10.3. The Morgan fingerprint density at radius 3 is 2.44 bits per heavy atom. The summed E-state index contributed by atoms with van der Waals surface area (Å²) in [6.07, 6.45) is 0. The topological polar surface area (TPSA) is 46.9 Å². The molecule has 0 aliphatic carbocycles. The Morgan fingerprint density at radius 2 is 1.94 bits per heavy atom. The van der Waals surface area contributed by atoms with Crippen LogP contribution in [-0.4, -0.2) is 22.5 Å². The molecule has 1 N–H and O–H groups in total. The molecule has 1 heterocycles. The van der Waals surface area contributed by atoms with E-state index in [1.165, 1.54) is 12.4 Å². The van der Waals surface area contributed by atoms with Gasteiger partial charge in [0.15, 0.2) is 0 Å². The molecular formula is C12H17N3O. The number of benzene rings is 1. The van der Waals surface area contributed by atoms with Crippen molar-refractivity contribution >= 4 is 16.9 Å². The Labute approximate surface area is 95.3 Å². The number of imidazole rings is 1. The van der Waals surface area contributed by atoms with E-state index < -0.39 is 0 Å². The standard InChI is InChI=1S/C9H10N2.C3H7NO/c1-7-10-8-5-3-4-6-9(8)11(7)2;1-3(5)4-2/h3-6H,1-2H3;1-2H3,(H,4,5). The van der Waals surface area contributed by atoms with Gasteiger partial charge in [0.1, 0.15) is 5.82 Å². The van der Waals surface area contributed by atoms with Crippen molar-refractivity contribution in [1.29, 1.82) is 0 Å². The Morgan fingerprint density at radius 1 is 1.38 bits per heavy atom. The van der Waals surface area contributed by atoms with Crippen molar-refractivity contribution in [3.05, 3.63) is 30.1 Å². The van der Waals surface area contributed by atoms with Gasteiger partial charge in [-0.3, -0.25) is 4.79 Å². The first kappa shape index (κ1) is 12.2. The van der Waals surface area contributed by atoms with Crippen molar-refractivity contribution in [3.63, 3.8) is 0 Å². The van der Waals surface area contributed by atoms with Crippen LogP contribution in [0.3, 0.4) is 0 Å². The van der Waals surface area contributed by atoms with Crippen LogP contribution in [0.25, 0.3) is 11.0 Å². The van der Waals surface area contributed by atoms with Crippen LogP contribution >= 0.6 is 0 Å². The molecule has 2 aromatic rings. The van der Waals surface area contributed by atoms with Crippen molar-refractivity contribution in [2.75, 3.05) is 7.05 Å². The minimum absolute atomic E-state index is 0.00463. The van der Waals surface area contributed by atoms with E-state index in [-0.39, 0.29) is 5.91 Å². The summed E-state index contributed by atoms with van der Waals surface area (Å²) in [6.45, 7) is 3.49. The molecule has 1 aromatic heterocycles. The molecule has 1 aromatic carbocycles. The lowest BCUT2D eigenvalue weighted by Gasteiger charge is -1.93. The van der Waals surface area contributed by atoms with Crippen molar-refractivity contribution in [1.82, 2.24) is 14.9 Å². The zero-order valence-corrected chi connectivity index (χ0v) is 10.1. The van der Waals surface area contributed by atoms with Gasteiger partial charge in [-0.2, -0.15) is 0 Å². The molecule has 0 unspecified atom stereocenters. The van der Waals surface area contributed by atoms with Gasteiger partial charge in [-0.15, -0.1) is 0 Å². The number of nitrogens with one attached hydrogen (secondary N) is 1. The number of carbonyl (C=O) groups excluding carboxylic acids is 1. The summed E-state index contributed by atoms with van der Waals surface area (Å²) in [7, 11) is 3.63. The highest BCUT2D eigenvalue weighted by Crippen LogP contribution is 2.12. The highest BCUT2D eigenvalue weighted by atomic mass is 16.1. The van der Waals surface area contributed by atoms with Crippen LogP contribution in [0.15, 0.2) is 24.3 Å². The summed E-state index contributed by atoms with van der Waals surface area (Å²) in [5.41, 5.74) is 2.28. The molecule has 0 saturated heterocycles. The average molecular weight is 219 g/mol. The molecule has 0 aliphatic rings. The fraction of sp³-hybridized carbons (Fsp3) is 0.333. The molecular weight excluding hydrogens is 202 g/mol. The Kier molecular flexibility index (Phi) is 4.05. The third kappa shape index (κ3) is 2.82. The first-order chi connectivity index (χ1) is 7.56. The molecule has 0 saturated carbocycles. The number of amides is 1. The summed E-state index contributed by atoms with van der Waals surface area (Å²) >= 11 is 0. The third-order valence-electron chi connectivity index (χ3n) is 2.36. The second-order valence-corrected chi connectivity index (χ2v) is 3.51. The second-order valence-electron chi connectivity index (χ2n) is 3.51. The van der Waals surface area contributed by atoms with Crippen LogP contribution in [0, 0.1) is 6.92 Å². The first-order valence-corrected chi connectivity index (χ1v) is 5.12. The highest BCUT2D eigenvalue weighted by molar-refractivity contribution is 5.75. The molecule has 4 nitrogen and oxygen atoms in total. The van der Waals surface area contributed by atoms with Gasteiger partial charge in [-0.25, -0.2) is 4.98 Å². The number of nitrogens with zero attached hydrogens (tertiary/aromatic N) is 2. The predicted octanol–water partition coefficient (Wildman–Crippen LogP) is 1.63. The van der Waals surface area contributed by atoms with Crippen molar-refractivity contribution < 1.29 is 4.79 Å². The first-order valence-electron chi connectivity index (χ1n) is 5.12. The van der Waals surface area contributed by atoms with Crippen LogP contribution in [0.2, 0.25) is 0 Å². The van der Waals surface area contributed by atoms with E-state index in [1.54, 1.807) is 7.05 Å². The van der Waals surface area contributed by atoms with E-state index in [4.69, 9.17) is 0 Å². The van der Waals surface area contributed by atoms with Crippen LogP contribution in [0.4, 0.5) is 0 Å². The quantitative estimate of drug-likeness (QED) is 0.732. The Hall–Kier alpha value is -1.84. The molecule has 4 heteroatoms. The lowest BCUT2D eigenvalue weighted by molar-refractivity contribution is -0.118. The van der Waals surface area contributed by atoms with E-state index in [0.29, 0.717) is 0 Å². The normalized spacial score (nSPS) is 9.50. The van der Waals surface area contributed by atoms with Gasteiger partial charge >= 0.3 is 0 Å². The molecule has 0 bridgehead atoms. The largest absolute Gasteiger partial charge is 0.359 e. The number of carbonyl (C=O) groups is 1. The van der Waals surface area contributed by atoms with Gasteiger partial charge in [0, 0.05) is 21.0 Å². The minimum atomic E-state index is 0.00463. The highest BCUT2D eigenvalue weighted by Gasteiger charge is 2.00. The van der Waals surface area contributed by atoms with Crippen LogP contribution in [0.5, 0.6) is 0 Å². The minimum Gasteiger partial charge on any atom is -0.359 e. The zero-order valence-electron chi connectivity index (χ0n) is 10.1. The molecule has 2 rings (SSSR count). The van der Waals surface area contributed by atoms with E-state index in [1.807, 2.05) is 32.2 Å². The maximum absolute atomic E-state index is 9.70. The predicted molar refractivity (Wildman–Crippen MR) is 65.2 cm³/mol. The monoisotopic (exact) mass is 219 g/mol. The van der Waals surface area contributed by atoms with Crippen LogP contribution in [0.1, 0.15) is 12.7 Å². The molecule has 0 aliphatic heterocycles. The van der Waals surface area contributed by atoms with E-state index in [2.05, 4.69) is 20.9 Å². The summed E-state index contributed by atoms with van der Waals surface area (Å²) in [5, 5.41) is 2.39. The SMILES string of the molecule is CNC(C)=O.Cc1nc2ccccc2n1C. The number of para-hydroxylation sites is 2. The second kappa shape index (κ2) is 5.30. The van der Waals surface area contributed by atoms with Crippen LogP contribution < -0.4 is 5.32 Å². The molecule has 16 heavy (non-hydrogen) atoms. The summed E-state index contributed by atoms with van der Waals surface area (Å²) in [4.78, 5) is 14.1. The Balaban J connectivity index is 0.000000221. The maximum Gasteiger partial charge on any atom is 0.216 e. The van der Waals surface area contributed by atoms with E-state index in [9.17, 15) is 4.79 Å². The summed E-state index contributed by atoms with van der Waals surface area (Å²) in [5.74, 6) is 1.07. The van der Waals surface area contributed by atoms with Gasteiger partial charge in [-0.05, 0) is 19.1 Å². The molecule has 0 atom stereocenters. The maximum atomic E-state index is 9.70. The lowest BCUT2D eigenvalue weighted by Crippen LogP contribution is -2.11. The molecule has 1 amide bonds. The average Bonchev–Trinajstić information content (AvgIpc) is 2.56. The molecule has 0 spiro atoms. The van der Waals surface area contributed by atoms with Gasteiger partial charge in [0.25, 0.3) is 0 Å². The Bertz CT molecular complexity index is 488. The van der Waals surface area contributed by atoms with Gasteiger partial charge < -0.3 is 9.88 Å². The molecule has 86 valence electrons. The molecule has 0 fully saturated rings.